The fraction of sp³-hybridized carbons (Fsp3) is 0.208. The number of imide groups is 1. The van der Waals surface area contributed by atoms with Crippen molar-refractivity contribution in [1.29, 1.82) is 5.26 Å². The molecule has 0 fully saturated rings. The van der Waals surface area contributed by atoms with Gasteiger partial charge in [0.2, 0.25) is 0 Å². The van der Waals surface area contributed by atoms with Gasteiger partial charge in [0, 0.05) is 31.9 Å². The van der Waals surface area contributed by atoms with E-state index in [1.165, 1.54) is 4.90 Å². The summed E-state index contributed by atoms with van der Waals surface area (Å²) in [5.74, 6) is -0.884. The molecule has 0 radical (unpaired) electrons. The maximum Gasteiger partial charge on any atom is 0.271 e. The summed E-state index contributed by atoms with van der Waals surface area (Å²) in [6.45, 7) is 1.89. The van der Waals surface area contributed by atoms with Gasteiger partial charge in [0.05, 0.1) is 0 Å². The van der Waals surface area contributed by atoms with Gasteiger partial charge >= 0.3 is 0 Å². The maximum atomic E-state index is 13.1. The molecule has 1 aliphatic rings. The number of hydrogen-bond donors (Lipinski definition) is 0. The number of carbonyl (C=O) groups excluding carboxylic acids is 2. The second-order valence-corrected chi connectivity index (χ2v) is 7.15. The monoisotopic (exact) mass is 385 g/mol. The van der Waals surface area contributed by atoms with E-state index >= 15 is 0 Å². The molecule has 5 heteroatoms. The van der Waals surface area contributed by atoms with Crippen LogP contribution in [0.2, 0.25) is 0 Å². The highest BCUT2D eigenvalue weighted by Crippen LogP contribution is 2.27. The first-order valence-electron chi connectivity index (χ1n) is 9.43. The minimum atomic E-state index is -0.522. The summed E-state index contributed by atoms with van der Waals surface area (Å²) < 4.78 is 0. The zero-order valence-corrected chi connectivity index (χ0v) is 16.8. The van der Waals surface area contributed by atoms with Gasteiger partial charge in [0.25, 0.3) is 11.8 Å². The summed E-state index contributed by atoms with van der Waals surface area (Å²) in [7, 11) is 3.92. The van der Waals surface area contributed by atoms with E-state index in [0.717, 1.165) is 16.8 Å². The second-order valence-electron chi connectivity index (χ2n) is 7.15. The van der Waals surface area contributed by atoms with Crippen LogP contribution >= 0.6 is 0 Å². The topological polar surface area (TPSA) is 64.4 Å². The summed E-state index contributed by atoms with van der Waals surface area (Å²) in [6, 6.07) is 19.4. The Hall–Kier alpha value is -3.65. The van der Waals surface area contributed by atoms with E-state index in [1.807, 2.05) is 79.7 Å². The summed E-state index contributed by atoms with van der Waals surface area (Å²) in [5, 5.41) is 9.50. The van der Waals surface area contributed by atoms with Gasteiger partial charge in [-0.05, 0) is 48.3 Å². The lowest BCUT2D eigenvalue weighted by molar-refractivity contribution is -0.140. The number of carbonyl (C=O) groups is 2. The largest absolute Gasteiger partial charge is 0.378 e. The van der Waals surface area contributed by atoms with Crippen LogP contribution < -0.4 is 4.90 Å². The standard InChI is InChI=1S/C24H23N3O2/c1-17-21(15-19-9-11-20(12-10-19)26(2)3)23(28)27(24(29)22(17)16-25)14-13-18-7-5-4-6-8-18/h4-12,15H,13-14H2,1-3H3/b21-15-. The lowest BCUT2D eigenvalue weighted by atomic mass is 9.93. The Morgan fingerprint density at radius 2 is 1.66 bits per heavy atom. The van der Waals surface area contributed by atoms with Crippen LogP contribution in [0.1, 0.15) is 18.1 Å². The third-order valence-electron chi connectivity index (χ3n) is 5.01. The molecule has 0 atom stereocenters. The van der Waals surface area contributed by atoms with Crippen LogP contribution in [-0.2, 0) is 16.0 Å². The summed E-state index contributed by atoms with van der Waals surface area (Å²) >= 11 is 0. The summed E-state index contributed by atoms with van der Waals surface area (Å²) in [6.07, 6.45) is 2.29. The van der Waals surface area contributed by atoms with Crippen molar-refractivity contribution in [2.75, 3.05) is 25.5 Å². The van der Waals surface area contributed by atoms with E-state index in [0.29, 0.717) is 17.6 Å². The third-order valence-corrected chi connectivity index (χ3v) is 5.01. The van der Waals surface area contributed by atoms with E-state index in [2.05, 4.69) is 0 Å². The highest BCUT2D eigenvalue weighted by Gasteiger charge is 2.35. The van der Waals surface area contributed by atoms with Gasteiger partial charge in [-0.25, -0.2) is 0 Å². The van der Waals surface area contributed by atoms with Gasteiger partial charge in [0.1, 0.15) is 11.6 Å². The van der Waals surface area contributed by atoms with Gasteiger partial charge in [-0.1, -0.05) is 42.5 Å². The lowest BCUT2D eigenvalue weighted by Crippen LogP contribution is -2.43. The molecule has 0 saturated carbocycles. The number of nitrogens with zero attached hydrogens (tertiary/aromatic N) is 3. The molecule has 1 heterocycles. The molecule has 0 bridgehead atoms. The Labute approximate surface area is 171 Å². The highest BCUT2D eigenvalue weighted by atomic mass is 16.2. The van der Waals surface area contributed by atoms with Crippen molar-refractivity contribution in [3.05, 3.63) is 82.4 Å². The zero-order chi connectivity index (χ0) is 21.0. The van der Waals surface area contributed by atoms with E-state index < -0.39 is 5.91 Å². The molecule has 2 aromatic rings. The molecule has 0 spiro atoms. The van der Waals surface area contributed by atoms with E-state index in [9.17, 15) is 14.9 Å². The predicted octanol–water partition coefficient (Wildman–Crippen LogP) is 3.59. The number of hydrogen-bond acceptors (Lipinski definition) is 4. The quantitative estimate of drug-likeness (QED) is 0.583. The number of rotatable bonds is 5. The van der Waals surface area contributed by atoms with E-state index in [1.54, 1.807) is 13.0 Å². The van der Waals surface area contributed by atoms with Crippen molar-refractivity contribution in [3.63, 3.8) is 0 Å². The van der Waals surface area contributed by atoms with Crippen LogP contribution in [0, 0.1) is 11.3 Å². The van der Waals surface area contributed by atoms with Gasteiger partial charge in [0.15, 0.2) is 0 Å². The smallest absolute Gasteiger partial charge is 0.271 e. The SMILES string of the molecule is CC1=C(C#N)C(=O)N(CCc2ccccc2)C(=O)/C1=C\c1ccc(N(C)C)cc1. The Morgan fingerprint density at radius 1 is 1.00 bits per heavy atom. The van der Waals surface area contributed by atoms with Crippen molar-refractivity contribution in [3.8, 4) is 6.07 Å². The Kier molecular flexibility index (Phi) is 5.94. The van der Waals surface area contributed by atoms with Crippen LogP contribution in [0.4, 0.5) is 5.69 Å². The number of benzene rings is 2. The molecule has 1 aliphatic heterocycles. The Bertz CT molecular complexity index is 1030. The molecule has 0 N–H and O–H groups in total. The highest BCUT2D eigenvalue weighted by molar-refractivity contribution is 6.19. The molecule has 146 valence electrons. The number of amides is 2. The van der Waals surface area contributed by atoms with Crippen molar-refractivity contribution in [1.82, 2.24) is 4.90 Å². The molecular formula is C24H23N3O2. The van der Waals surface area contributed by atoms with Gasteiger partial charge in [-0.15, -0.1) is 0 Å². The van der Waals surface area contributed by atoms with Gasteiger partial charge in [-0.3, -0.25) is 14.5 Å². The normalized spacial score (nSPS) is 15.7. The predicted molar refractivity (Wildman–Crippen MR) is 114 cm³/mol. The summed E-state index contributed by atoms with van der Waals surface area (Å²) in [5.41, 5.74) is 3.75. The van der Waals surface area contributed by atoms with Crippen molar-refractivity contribution < 1.29 is 9.59 Å². The summed E-state index contributed by atoms with van der Waals surface area (Å²) in [4.78, 5) is 29.0. The molecule has 0 saturated heterocycles. The average molecular weight is 385 g/mol. The van der Waals surface area contributed by atoms with Gasteiger partial charge < -0.3 is 4.90 Å². The van der Waals surface area contributed by atoms with E-state index in [4.69, 9.17) is 0 Å². The van der Waals surface area contributed by atoms with Crippen molar-refractivity contribution in [2.45, 2.75) is 13.3 Å². The average Bonchev–Trinajstić information content (AvgIpc) is 2.72. The maximum absolute atomic E-state index is 13.1. The molecule has 29 heavy (non-hydrogen) atoms. The minimum Gasteiger partial charge on any atom is -0.378 e. The fourth-order valence-corrected chi connectivity index (χ4v) is 3.25. The second kappa shape index (κ2) is 8.57. The minimum absolute atomic E-state index is 0.0221. The molecular weight excluding hydrogens is 362 g/mol. The fourth-order valence-electron chi connectivity index (χ4n) is 3.25. The number of nitriles is 1. The first kappa shape index (κ1) is 20.1. The first-order chi connectivity index (χ1) is 13.9. The Balaban J connectivity index is 1.93. The molecule has 0 unspecified atom stereocenters. The molecule has 3 rings (SSSR count). The Morgan fingerprint density at radius 3 is 2.24 bits per heavy atom. The first-order valence-corrected chi connectivity index (χ1v) is 9.43. The lowest BCUT2D eigenvalue weighted by Gasteiger charge is -2.27. The number of anilines is 1. The molecule has 0 aliphatic carbocycles. The third kappa shape index (κ3) is 4.27. The van der Waals surface area contributed by atoms with Crippen LogP contribution in [0.15, 0.2) is 71.3 Å². The molecule has 5 nitrogen and oxygen atoms in total. The van der Waals surface area contributed by atoms with E-state index in [-0.39, 0.29) is 18.0 Å². The molecule has 0 aromatic heterocycles. The van der Waals surface area contributed by atoms with Crippen molar-refractivity contribution in [2.24, 2.45) is 0 Å². The van der Waals surface area contributed by atoms with Crippen LogP contribution in [0.3, 0.4) is 0 Å². The zero-order valence-electron chi connectivity index (χ0n) is 16.8. The van der Waals surface area contributed by atoms with Crippen LogP contribution in [0.5, 0.6) is 0 Å². The van der Waals surface area contributed by atoms with Crippen molar-refractivity contribution >= 4 is 23.6 Å². The molecule has 2 aromatic carbocycles. The molecule has 2 amide bonds. The van der Waals surface area contributed by atoms with Crippen LogP contribution in [-0.4, -0.2) is 37.4 Å². The van der Waals surface area contributed by atoms with Gasteiger partial charge in [-0.2, -0.15) is 5.26 Å². The van der Waals surface area contributed by atoms with Crippen LogP contribution in [0.25, 0.3) is 6.08 Å².